The number of amides is 1. The smallest absolute Gasteiger partial charge is 0.293 e. The van der Waals surface area contributed by atoms with E-state index in [0.717, 1.165) is 31.2 Å². The molecule has 0 spiro atoms. The number of ether oxygens (including phenoxy) is 2. The molecule has 1 aliphatic carbocycles. The van der Waals surface area contributed by atoms with Gasteiger partial charge in [0.25, 0.3) is 11.9 Å². The molecule has 0 saturated heterocycles. The van der Waals surface area contributed by atoms with Crippen molar-refractivity contribution in [2.75, 3.05) is 12.3 Å². The first kappa shape index (κ1) is 19.8. The van der Waals surface area contributed by atoms with Crippen molar-refractivity contribution in [1.82, 2.24) is 14.5 Å². The predicted molar refractivity (Wildman–Crippen MR) is 118 cm³/mol. The molecule has 6 rings (SSSR count). The first-order valence-electron chi connectivity index (χ1n) is 11.0. The lowest BCUT2D eigenvalue weighted by molar-refractivity contribution is -0.125. The molecule has 9 nitrogen and oxygen atoms in total. The van der Waals surface area contributed by atoms with E-state index < -0.39 is 17.8 Å². The molecule has 0 radical (unpaired) electrons. The number of hydrogen-bond acceptors (Lipinski definition) is 7. The average molecular weight is 451 g/mol. The molecule has 2 aromatic carbocycles. The number of oxazole rings is 1. The summed E-state index contributed by atoms with van der Waals surface area (Å²) in [5.74, 6) is 0.738. The van der Waals surface area contributed by atoms with Gasteiger partial charge < -0.3 is 29.9 Å². The van der Waals surface area contributed by atoms with Crippen LogP contribution in [0.5, 0.6) is 11.5 Å². The van der Waals surface area contributed by atoms with Gasteiger partial charge in [-0.1, -0.05) is 0 Å². The van der Waals surface area contributed by atoms with E-state index in [1.54, 1.807) is 18.2 Å². The van der Waals surface area contributed by atoms with Crippen LogP contribution >= 0.6 is 0 Å². The van der Waals surface area contributed by atoms with Crippen molar-refractivity contribution in [1.29, 1.82) is 0 Å². The van der Waals surface area contributed by atoms with Gasteiger partial charge in [-0.3, -0.25) is 4.79 Å². The zero-order chi connectivity index (χ0) is 22.7. The van der Waals surface area contributed by atoms with Crippen LogP contribution in [0.4, 0.5) is 10.4 Å². The van der Waals surface area contributed by atoms with E-state index in [4.69, 9.17) is 30.3 Å². The van der Waals surface area contributed by atoms with E-state index >= 15 is 0 Å². The monoisotopic (exact) mass is 451 g/mol. The summed E-state index contributed by atoms with van der Waals surface area (Å²) in [6, 6.07) is 6.52. The topological polar surface area (TPSA) is 131 Å². The molecule has 0 bridgehead atoms. The third-order valence-corrected chi connectivity index (χ3v) is 6.13. The molecule has 2 aliphatic rings. The maximum atomic E-state index is 14.7. The lowest BCUT2D eigenvalue weighted by Gasteiger charge is -2.19. The van der Waals surface area contributed by atoms with Crippen LogP contribution in [0, 0.1) is 11.7 Å². The van der Waals surface area contributed by atoms with Crippen molar-refractivity contribution >= 4 is 34.1 Å². The van der Waals surface area contributed by atoms with Crippen LogP contribution in [-0.2, 0) is 11.3 Å². The molecule has 1 fully saturated rings. The van der Waals surface area contributed by atoms with Gasteiger partial charge in [-0.15, -0.1) is 0 Å². The number of nitrogens with zero attached hydrogens (tertiary/aromatic N) is 3. The zero-order valence-electron chi connectivity index (χ0n) is 17.7. The number of carbonyl (C=O) groups excluding carboxylic acids is 1. The largest absolute Gasteiger partial charge is 0.491 e. The Kier molecular flexibility index (Phi) is 4.42. The minimum atomic E-state index is -0.682. The fraction of sp³-hybridized carbons (Fsp3) is 0.348. The molecule has 1 atom stereocenters. The van der Waals surface area contributed by atoms with Crippen LogP contribution in [0.15, 0.2) is 28.7 Å². The number of benzene rings is 2. The first-order valence-corrected chi connectivity index (χ1v) is 11.0. The molecule has 3 heterocycles. The van der Waals surface area contributed by atoms with Gasteiger partial charge in [-0.25, -0.2) is 9.37 Å². The van der Waals surface area contributed by atoms with Gasteiger partial charge in [-0.05, 0) is 37.8 Å². The van der Waals surface area contributed by atoms with Gasteiger partial charge in [0.2, 0.25) is 0 Å². The van der Waals surface area contributed by atoms with E-state index in [1.165, 1.54) is 6.07 Å². The van der Waals surface area contributed by atoms with E-state index in [9.17, 15) is 9.18 Å². The Morgan fingerprint density at radius 3 is 2.82 bits per heavy atom. The molecule has 10 heteroatoms. The van der Waals surface area contributed by atoms with Crippen molar-refractivity contribution in [3.8, 4) is 22.9 Å². The van der Waals surface area contributed by atoms with Gasteiger partial charge >= 0.3 is 0 Å². The third kappa shape index (κ3) is 3.42. The van der Waals surface area contributed by atoms with Crippen LogP contribution in [-0.4, -0.2) is 33.2 Å². The zero-order valence-corrected chi connectivity index (χ0v) is 17.7. The Labute approximate surface area is 187 Å². The highest BCUT2D eigenvalue weighted by Gasteiger charge is 2.37. The van der Waals surface area contributed by atoms with Crippen LogP contribution in [0.25, 0.3) is 33.5 Å². The summed E-state index contributed by atoms with van der Waals surface area (Å²) in [7, 11) is 0. The second kappa shape index (κ2) is 7.36. The fourth-order valence-corrected chi connectivity index (χ4v) is 4.45. The molecular weight excluding hydrogens is 429 g/mol. The highest BCUT2D eigenvalue weighted by Crippen LogP contribution is 2.40. The number of aromatic nitrogens is 3. The number of rotatable bonds is 5. The lowest BCUT2D eigenvalue weighted by atomic mass is 10.1. The highest BCUT2D eigenvalue weighted by atomic mass is 19.1. The summed E-state index contributed by atoms with van der Waals surface area (Å²) in [5.41, 5.74) is 13.5. The van der Waals surface area contributed by atoms with Gasteiger partial charge in [0.15, 0.2) is 17.5 Å². The Morgan fingerprint density at radius 1 is 1.18 bits per heavy atom. The quantitative estimate of drug-likeness (QED) is 0.475. The Balaban J connectivity index is 1.51. The van der Waals surface area contributed by atoms with Crippen molar-refractivity contribution in [2.24, 2.45) is 11.7 Å². The number of nitrogen functional groups attached to an aromatic ring is 1. The maximum absolute atomic E-state index is 14.7. The normalized spacial score (nSPS) is 16.9. The number of aryl methyl sites for hydroxylation is 1. The SMILES string of the molecule is NC(=O)C(Oc1cc2c3c(c1)nc(-c1cc(F)c4oc(N)nc4c1)n3CCCCO2)C1CC1. The standard InChI is InChI=1S/C23H22FN5O4/c24-14-7-12(8-16-20(14)33-23(26)28-16)22-27-15-9-13(32-19(21(25)30)11-3-4-11)10-17-18(15)29(22)5-1-2-6-31-17/h7-11,19H,1-6H2,(H2,25,30)(H2,26,28). The first-order chi connectivity index (χ1) is 16.0. The summed E-state index contributed by atoms with van der Waals surface area (Å²) in [5, 5.41) is 0. The summed E-state index contributed by atoms with van der Waals surface area (Å²) in [4.78, 5) is 20.7. The molecular formula is C23H22FN5O4. The minimum absolute atomic E-state index is 0.0114. The van der Waals surface area contributed by atoms with E-state index in [1.807, 2.05) is 4.57 Å². The van der Waals surface area contributed by atoms with Crippen LogP contribution < -0.4 is 20.9 Å². The lowest BCUT2D eigenvalue weighted by Crippen LogP contribution is -2.35. The molecule has 1 unspecified atom stereocenters. The Hall–Kier alpha value is -3.82. The summed E-state index contributed by atoms with van der Waals surface area (Å²) < 4.78 is 33.9. The van der Waals surface area contributed by atoms with Crippen LogP contribution in [0.1, 0.15) is 25.7 Å². The number of nitrogens with two attached hydrogens (primary N) is 2. The summed E-state index contributed by atoms with van der Waals surface area (Å²) >= 11 is 0. The maximum Gasteiger partial charge on any atom is 0.293 e. The Morgan fingerprint density at radius 2 is 2.03 bits per heavy atom. The Bertz CT molecular complexity index is 1410. The number of carbonyl (C=O) groups is 1. The molecule has 1 aliphatic heterocycles. The van der Waals surface area contributed by atoms with Gasteiger partial charge in [0, 0.05) is 30.2 Å². The second-order valence-corrected chi connectivity index (χ2v) is 8.57. The predicted octanol–water partition coefficient (Wildman–Crippen LogP) is 3.38. The highest BCUT2D eigenvalue weighted by molar-refractivity contribution is 5.89. The number of anilines is 1. The second-order valence-electron chi connectivity index (χ2n) is 8.57. The van der Waals surface area contributed by atoms with E-state index in [0.29, 0.717) is 47.1 Å². The van der Waals surface area contributed by atoms with Crippen molar-refractivity contribution in [3.05, 3.63) is 30.1 Å². The van der Waals surface area contributed by atoms with E-state index in [2.05, 4.69) is 4.98 Å². The molecule has 2 aromatic heterocycles. The number of hydrogen-bond donors (Lipinski definition) is 2. The van der Waals surface area contributed by atoms with Crippen LogP contribution in [0.3, 0.4) is 0 Å². The van der Waals surface area contributed by atoms with Gasteiger partial charge in [0.1, 0.15) is 28.4 Å². The molecule has 4 N–H and O–H groups in total. The minimum Gasteiger partial charge on any atom is -0.491 e. The fourth-order valence-electron chi connectivity index (χ4n) is 4.45. The van der Waals surface area contributed by atoms with Crippen molar-refractivity contribution in [2.45, 2.75) is 38.3 Å². The number of halogens is 1. The number of primary amides is 1. The summed E-state index contributed by atoms with van der Waals surface area (Å²) in [6.07, 6.45) is 2.88. The molecule has 1 amide bonds. The van der Waals surface area contributed by atoms with Crippen LogP contribution in [0.2, 0.25) is 0 Å². The molecule has 33 heavy (non-hydrogen) atoms. The van der Waals surface area contributed by atoms with E-state index in [-0.39, 0.29) is 17.5 Å². The van der Waals surface area contributed by atoms with Crippen molar-refractivity contribution in [3.63, 3.8) is 0 Å². The third-order valence-electron chi connectivity index (χ3n) is 6.13. The summed E-state index contributed by atoms with van der Waals surface area (Å²) in [6.45, 7) is 1.24. The number of fused-ring (bicyclic) bond motifs is 1. The van der Waals surface area contributed by atoms with Gasteiger partial charge in [-0.2, -0.15) is 4.98 Å². The molecule has 170 valence electrons. The molecule has 4 aromatic rings. The average Bonchev–Trinajstić information content (AvgIpc) is 3.42. The van der Waals surface area contributed by atoms with Crippen molar-refractivity contribution < 1.29 is 23.1 Å². The van der Waals surface area contributed by atoms with Gasteiger partial charge in [0.05, 0.1) is 12.1 Å². The molecule has 1 saturated carbocycles. The number of imidazole rings is 1.